The topological polar surface area (TPSA) is 98.1 Å². The molecule has 0 saturated heterocycles. The zero-order valence-electron chi connectivity index (χ0n) is 20.5. The summed E-state index contributed by atoms with van der Waals surface area (Å²) in [6.07, 6.45) is 6.81. The summed E-state index contributed by atoms with van der Waals surface area (Å²) in [7, 11) is 0. The van der Waals surface area contributed by atoms with Gasteiger partial charge in [0.15, 0.2) is 5.65 Å². The number of nitrogens with one attached hydrogen (secondary N) is 1. The van der Waals surface area contributed by atoms with Gasteiger partial charge in [0.05, 0.1) is 12.2 Å². The summed E-state index contributed by atoms with van der Waals surface area (Å²) >= 11 is 0. The largest absolute Gasteiger partial charge is 0.308 e. The van der Waals surface area contributed by atoms with E-state index in [0.717, 1.165) is 64.2 Å². The van der Waals surface area contributed by atoms with Crippen molar-refractivity contribution in [3.8, 4) is 33.8 Å². The Bertz CT molecular complexity index is 1620. The SMILES string of the molecule is CCCCc1nc2cc(-c3ccccn3)cnc2n1Cc1ccc(-c2ccccc2-c2nn[nH]n2)cc1. The average Bonchev–Trinajstić information content (AvgIpc) is 3.61. The molecule has 182 valence electrons. The predicted molar refractivity (Wildman–Crippen MR) is 144 cm³/mol. The monoisotopic (exact) mass is 486 g/mol. The number of fused-ring (bicyclic) bond motifs is 1. The van der Waals surface area contributed by atoms with Gasteiger partial charge in [-0.3, -0.25) is 4.98 Å². The molecule has 0 fully saturated rings. The number of unbranched alkanes of at least 4 members (excludes halogenated alkanes) is 1. The van der Waals surface area contributed by atoms with Crippen LogP contribution in [0.5, 0.6) is 0 Å². The average molecular weight is 487 g/mol. The first kappa shape index (κ1) is 22.7. The lowest BCUT2D eigenvalue weighted by Crippen LogP contribution is -2.06. The van der Waals surface area contributed by atoms with E-state index in [1.165, 1.54) is 5.56 Å². The number of imidazole rings is 1. The molecule has 0 aliphatic heterocycles. The smallest absolute Gasteiger partial charge is 0.205 e. The first-order valence-electron chi connectivity index (χ1n) is 12.5. The predicted octanol–water partition coefficient (Wildman–Crippen LogP) is 5.73. The second-order valence-corrected chi connectivity index (χ2v) is 8.98. The van der Waals surface area contributed by atoms with Crippen molar-refractivity contribution in [2.24, 2.45) is 0 Å². The second kappa shape index (κ2) is 10.1. The van der Waals surface area contributed by atoms with Crippen molar-refractivity contribution in [2.75, 3.05) is 0 Å². The third-order valence-electron chi connectivity index (χ3n) is 6.50. The molecule has 0 aliphatic carbocycles. The number of rotatable bonds is 8. The summed E-state index contributed by atoms with van der Waals surface area (Å²) in [6, 6.07) is 24.7. The first-order valence-corrected chi connectivity index (χ1v) is 12.5. The molecule has 6 rings (SSSR count). The third-order valence-corrected chi connectivity index (χ3v) is 6.50. The van der Waals surface area contributed by atoms with Crippen LogP contribution in [0.3, 0.4) is 0 Å². The van der Waals surface area contributed by atoms with Gasteiger partial charge in [0.1, 0.15) is 11.3 Å². The van der Waals surface area contributed by atoms with Gasteiger partial charge in [-0.15, -0.1) is 10.2 Å². The van der Waals surface area contributed by atoms with Crippen molar-refractivity contribution in [3.63, 3.8) is 0 Å². The molecule has 8 nitrogen and oxygen atoms in total. The maximum absolute atomic E-state index is 4.99. The van der Waals surface area contributed by atoms with Crippen molar-refractivity contribution < 1.29 is 0 Å². The van der Waals surface area contributed by atoms with E-state index in [2.05, 4.69) is 73.5 Å². The van der Waals surface area contributed by atoms with Crippen LogP contribution in [0.25, 0.3) is 44.9 Å². The van der Waals surface area contributed by atoms with Crippen molar-refractivity contribution in [2.45, 2.75) is 32.7 Å². The molecule has 4 heterocycles. The number of hydrogen-bond donors (Lipinski definition) is 1. The summed E-state index contributed by atoms with van der Waals surface area (Å²) < 4.78 is 2.25. The van der Waals surface area contributed by atoms with Gasteiger partial charge < -0.3 is 4.57 Å². The molecule has 37 heavy (non-hydrogen) atoms. The van der Waals surface area contributed by atoms with Crippen LogP contribution >= 0.6 is 0 Å². The fourth-order valence-electron chi connectivity index (χ4n) is 4.60. The molecule has 0 saturated carbocycles. The lowest BCUT2D eigenvalue weighted by Gasteiger charge is -2.11. The van der Waals surface area contributed by atoms with Crippen LogP contribution in [0.15, 0.2) is 85.2 Å². The molecule has 0 unspecified atom stereocenters. The minimum Gasteiger partial charge on any atom is -0.308 e. The standard InChI is InChI=1S/C29H26N8/c1-2-3-11-27-32-26-17-22(25-10-6-7-16-30-25)18-31-29(26)37(27)19-20-12-14-21(15-13-20)23-8-4-5-9-24(23)28-33-35-36-34-28/h4-10,12-18H,2-3,11,19H2,1H3,(H,33,34,35,36). The van der Waals surface area contributed by atoms with Gasteiger partial charge in [-0.1, -0.05) is 67.9 Å². The number of hydrogen-bond acceptors (Lipinski definition) is 6. The number of aromatic nitrogens is 8. The van der Waals surface area contributed by atoms with Crippen LogP contribution in [0.4, 0.5) is 0 Å². The van der Waals surface area contributed by atoms with Crippen molar-refractivity contribution in [3.05, 3.63) is 96.6 Å². The summed E-state index contributed by atoms with van der Waals surface area (Å²) in [5.74, 6) is 1.65. The molecule has 2 aromatic carbocycles. The summed E-state index contributed by atoms with van der Waals surface area (Å²) in [4.78, 5) is 14.3. The maximum atomic E-state index is 4.99. The number of benzene rings is 2. The van der Waals surface area contributed by atoms with E-state index in [4.69, 9.17) is 9.97 Å². The number of pyridine rings is 2. The molecule has 8 heteroatoms. The van der Waals surface area contributed by atoms with Crippen LogP contribution in [0.1, 0.15) is 31.2 Å². The number of aromatic amines is 1. The van der Waals surface area contributed by atoms with Crippen LogP contribution in [-0.4, -0.2) is 40.1 Å². The van der Waals surface area contributed by atoms with Crippen LogP contribution < -0.4 is 0 Å². The molecular formula is C29H26N8. The van der Waals surface area contributed by atoms with E-state index in [1.807, 2.05) is 42.6 Å². The molecule has 0 spiro atoms. The first-order chi connectivity index (χ1) is 18.3. The molecule has 0 bridgehead atoms. The Balaban J connectivity index is 1.33. The van der Waals surface area contributed by atoms with Crippen molar-refractivity contribution in [1.29, 1.82) is 0 Å². The molecule has 4 aromatic heterocycles. The maximum Gasteiger partial charge on any atom is 0.205 e. The van der Waals surface area contributed by atoms with Crippen LogP contribution in [0.2, 0.25) is 0 Å². The fourth-order valence-corrected chi connectivity index (χ4v) is 4.60. The third kappa shape index (κ3) is 4.61. The minimum atomic E-state index is 0.585. The van der Waals surface area contributed by atoms with Crippen LogP contribution in [-0.2, 0) is 13.0 Å². The lowest BCUT2D eigenvalue weighted by atomic mass is 9.98. The zero-order valence-corrected chi connectivity index (χ0v) is 20.5. The van der Waals surface area contributed by atoms with E-state index in [9.17, 15) is 0 Å². The van der Waals surface area contributed by atoms with Crippen LogP contribution in [0, 0.1) is 0 Å². The minimum absolute atomic E-state index is 0.585. The zero-order chi connectivity index (χ0) is 25.0. The molecule has 0 radical (unpaired) electrons. The highest BCUT2D eigenvalue weighted by molar-refractivity contribution is 5.80. The molecule has 0 amide bonds. The Labute approximate surface area is 214 Å². The Hall–Kier alpha value is -4.72. The van der Waals surface area contributed by atoms with Gasteiger partial charge in [0.25, 0.3) is 0 Å². The van der Waals surface area contributed by atoms with Gasteiger partial charge in [0, 0.05) is 29.9 Å². The molecule has 0 aliphatic rings. The normalized spacial score (nSPS) is 11.3. The highest BCUT2D eigenvalue weighted by atomic mass is 15.5. The van der Waals surface area contributed by atoms with E-state index in [1.54, 1.807) is 6.20 Å². The number of nitrogens with zero attached hydrogens (tertiary/aromatic N) is 7. The summed E-state index contributed by atoms with van der Waals surface area (Å²) in [5.41, 5.74) is 7.98. The fraction of sp³-hybridized carbons (Fsp3) is 0.172. The molecule has 6 aromatic rings. The number of H-pyrrole nitrogens is 1. The van der Waals surface area contributed by atoms with Gasteiger partial charge in [-0.2, -0.15) is 5.21 Å². The van der Waals surface area contributed by atoms with E-state index in [0.29, 0.717) is 12.4 Å². The Morgan fingerprint density at radius 1 is 0.865 bits per heavy atom. The Morgan fingerprint density at radius 2 is 1.70 bits per heavy atom. The lowest BCUT2D eigenvalue weighted by molar-refractivity contribution is 0.686. The van der Waals surface area contributed by atoms with Gasteiger partial charge in [0.2, 0.25) is 5.82 Å². The second-order valence-electron chi connectivity index (χ2n) is 8.98. The Kier molecular flexibility index (Phi) is 6.21. The van der Waals surface area contributed by atoms with E-state index in [-0.39, 0.29) is 0 Å². The quantitative estimate of drug-likeness (QED) is 0.295. The van der Waals surface area contributed by atoms with E-state index >= 15 is 0 Å². The highest BCUT2D eigenvalue weighted by Crippen LogP contribution is 2.30. The summed E-state index contributed by atoms with van der Waals surface area (Å²) in [5, 5.41) is 14.6. The Morgan fingerprint density at radius 3 is 2.46 bits per heavy atom. The van der Waals surface area contributed by atoms with Crippen molar-refractivity contribution in [1.82, 2.24) is 40.1 Å². The molecule has 1 N–H and O–H groups in total. The number of aryl methyl sites for hydroxylation is 1. The van der Waals surface area contributed by atoms with Gasteiger partial charge in [-0.05, 0) is 46.5 Å². The molecular weight excluding hydrogens is 460 g/mol. The summed E-state index contributed by atoms with van der Waals surface area (Å²) in [6.45, 7) is 2.91. The highest BCUT2D eigenvalue weighted by Gasteiger charge is 2.15. The van der Waals surface area contributed by atoms with Gasteiger partial charge >= 0.3 is 0 Å². The van der Waals surface area contributed by atoms with Gasteiger partial charge in [-0.25, -0.2) is 9.97 Å². The molecule has 0 atom stereocenters. The van der Waals surface area contributed by atoms with Crippen molar-refractivity contribution >= 4 is 11.2 Å². The number of tetrazole rings is 1. The van der Waals surface area contributed by atoms with E-state index < -0.39 is 0 Å².